The quantitative estimate of drug-likeness (QED) is 0.546. The third-order valence-electron chi connectivity index (χ3n) is 4.03. The van der Waals surface area contributed by atoms with Gasteiger partial charge in [-0.25, -0.2) is 14.4 Å². The minimum absolute atomic E-state index is 0.126. The molecule has 2 N–H and O–H groups in total. The molecule has 8 heteroatoms. The van der Waals surface area contributed by atoms with Crippen LogP contribution < -0.4 is 20.1 Å². The molecule has 0 radical (unpaired) electrons. The van der Waals surface area contributed by atoms with Crippen molar-refractivity contribution in [3.63, 3.8) is 0 Å². The lowest BCUT2D eigenvalue weighted by Gasteiger charge is -2.21. The van der Waals surface area contributed by atoms with E-state index in [0.717, 1.165) is 0 Å². The zero-order chi connectivity index (χ0) is 21.4. The van der Waals surface area contributed by atoms with Gasteiger partial charge in [-0.05, 0) is 36.2 Å². The molecule has 0 saturated heterocycles. The molecule has 0 spiro atoms. The summed E-state index contributed by atoms with van der Waals surface area (Å²) < 4.78 is 15.3. The minimum Gasteiger partial charge on any atom is -0.493 e. The fourth-order valence-corrected chi connectivity index (χ4v) is 2.50. The van der Waals surface area contributed by atoms with Gasteiger partial charge in [0.25, 0.3) is 0 Å². The average Bonchev–Trinajstić information content (AvgIpc) is 2.72. The van der Waals surface area contributed by atoms with E-state index >= 15 is 0 Å². The Balaban J connectivity index is 2.11. The lowest BCUT2D eigenvalue weighted by Crippen LogP contribution is -2.48. The number of carbonyl (C=O) groups is 3. The van der Waals surface area contributed by atoms with Crippen LogP contribution in [0.15, 0.2) is 48.5 Å². The summed E-state index contributed by atoms with van der Waals surface area (Å²) in [5.74, 6) is -1.12. The number of rotatable bonds is 7. The Kier molecular flexibility index (Phi) is 7.59. The predicted octanol–water partition coefficient (Wildman–Crippen LogP) is 3.23. The normalized spacial score (nSPS) is 11.3. The van der Waals surface area contributed by atoms with Crippen LogP contribution in [0.2, 0.25) is 0 Å². The molecule has 0 fully saturated rings. The number of para-hydroxylation sites is 1. The van der Waals surface area contributed by atoms with Crippen LogP contribution >= 0.6 is 0 Å². The molecule has 154 valence electrons. The summed E-state index contributed by atoms with van der Waals surface area (Å²) in [6.45, 7) is 3.57. The average molecular weight is 400 g/mol. The van der Waals surface area contributed by atoms with Gasteiger partial charge in [-0.2, -0.15) is 0 Å². The summed E-state index contributed by atoms with van der Waals surface area (Å²) in [5.41, 5.74) is 0.853. The highest BCUT2D eigenvalue weighted by molar-refractivity contribution is 5.93. The summed E-state index contributed by atoms with van der Waals surface area (Å²) in [7, 11) is 2.65. The molecule has 0 heterocycles. The van der Waals surface area contributed by atoms with E-state index < -0.39 is 24.0 Å². The Labute approximate surface area is 169 Å². The monoisotopic (exact) mass is 400 g/mol. The topological polar surface area (TPSA) is 103 Å². The van der Waals surface area contributed by atoms with Gasteiger partial charge in [0.05, 0.1) is 19.8 Å². The van der Waals surface area contributed by atoms with Crippen LogP contribution in [0.3, 0.4) is 0 Å². The molecular formula is C21H24N2O6. The van der Waals surface area contributed by atoms with Crippen molar-refractivity contribution in [1.82, 2.24) is 5.32 Å². The van der Waals surface area contributed by atoms with Gasteiger partial charge in [0.2, 0.25) is 0 Å². The van der Waals surface area contributed by atoms with Gasteiger partial charge >= 0.3 is 18.0 Å². The number of nitrogens with one attached hydrogen (secondary N) is 2. The number of esters is 2. The van der Waals surface area contributed by atoms with Gasteiger partial charge in [-0.1, -0.05) is 32.0 Å². The van der Waals surface area contributed by atoms with E-state index in [1.165, 1.54) is 32.4 Å². The summed E-state index contributed by atoms with van der Waals surface area (Å²) in [6.07, 6.45) is 0. The molecule has 2 amide bonds. The van der Waals surface area contributed by atoms with Crippen LogP contribution in [0, 0.1) is 5.92 Å². The van der Waals surface area contributed by atoms with Crippen molar-refractivity contribution >= 4 is 23.7 Å². The van der Waals surface area contributed by atoms with Crippen molar-refractivity contribution in [3.05, 3.63) is 54.1 Å². The SMILES string of the molecule is COC(=O)c1ccc(OC(=O)C(NC(=O)Nc2ccccc2)C(C)C)c(OC)c1. The second kappa shape index (κ2) is 10.1. The van der Waals surface area contributed by atoms with Crippen LogP contribution in [0.1, 0.15) is 24.2 Å². The van der Waals surface area contributed by atoms with Crippen LogP contribution in [-0.2, 0) is 9.53 Å². The Morgan fingerprint density at radius 3 is 2.21 bits per heavy atom. The molecule has 0 saturated carbocycles. The molecule has 0 bridgehead atoms. The van der Waals surface area contributed by atoms with Crippen molar-refractivity contribution in [2.24, 2.45) is 5.92 Å². The highest BCUT2D eigenvalue weighted by Crippen LogP contribution is 2.29. The Morgan fingerprint density at radius 2 is 1.62 bits per heavy atom. The largest absolute Gasteiger partial charge is 0.493 e. The number of hydrogen-bond donors (Lipinski definition) is 2. The number of hydrogen-bond acceptors (Lipinski definition) is 6. The van der Waals surface area contributed by atoms with Crippen molar-refractivity contribution in [1.29, 1.82) is 0 Å². The number of benzene rings is 2. The molecule has 0 aliphatic heterocycles. The molecule has 0 aliphatic carbocycles. The van der Waals surface area contributed by atoms with Gasteiger partial charge in [0.15, 0.2) is 11.5 Å². The van der Waals surface area contributed by atoms with Crippen molar-refractivity contribution in [2.75, 3.05) is 19.5 Å². The first-order valence-corrected chi connectivity index (χ1v) is 8.96. The maximum absolute atomic E-state index is 12.7. The molecule has 0 aromatic heterocycles. The van der Waals surface area contributed by atoms with E-state index in [2.05, 4.69) is 15.4 Å². The van der Waals surface area contributed by atoms with E-state index in [1.54, 1.807) is 38.1 Å². The van der Waals surface area contributed by atoms with E-state index in [9.17, 15) is 14.4 Å². The van der Waals surface area contributed by atoms with Gasteiger partial charge in [-0.15, -0.1) is 0 Å². The van der Waals surface area contributed by atoms with Crippen molar-refractivity contribution in [3.8, 4) is 11.5 Å². The highest BCUT2D eigenvalue weighted by atomic mass is 16.6. The fraction of sp³-hybridized carbons (Fsp3) is 0.286. The summed E-state index contributed by atoms with van der Waals surface area (Å²) in [6, 6.07) is 11.7. The molecular weight excluding hydrogens is 376 g/mol. The van der Waals surface area contributed by atoms with Gasteiger partial charge in [-0.3, -0.25) is 0 Å². The molecule has 1 unspecified atom stereocenters. The summed E-state index contributed by atoms with van der Waals surface area (Å²) >= 11 is 0. The minimum atomic E-state index is -0.899. The van der Waals surface area contributed by atoms with E-state index in [-0.39, 0.29) is 23.0 Å². The molecule has 1 atom stereocenters. The molecule has 29 heavy (non-hydrogen) atoms. The number of carbonyl (C=O) groups excluding carboxylic acids is 3. The lowest BCUT2D eigenvalue weighted by atomic mass is 10.0. The number of ether oxygens (including phenoxy) is 3. The van der Waals surface area contributed by atoms with Crippen LogP contribution in [0.25, 0.3) is 0 Å². The van der Waals surface area contributed by atoms with Crippen LogP contribution in [0.5, 0.6) is 11.5 Å². The first-order chi connectivity index (χ1) is 13.8. The van der Waals surface area contributed by atoms with Gasteiger partial charge in [0.1, 0.15) is 6.04 Å². The molecule has 8 nitrogen and oxygen atoms in total. The predicted molar refractivity (Wildman–Crippen MR) is 107 cm³/mol. The molecule has 0 aliphatic rings. The van der Waals surface area contributed by atoms with E-state index in [4.69, 9.17) is 9.47 Å². The second-order valence-electron chi connectivity index (χ2n) is 6.46. The third-order valence-corrected chi connectivity index (χ3v) is 4.03. The van der Waals surface area contributed by atoms with E-state index in [0.29, 0.717) is 5.69 Å². The lowest BCUT2D eigenvalue weighted by molar-refractivity contribution is -0.137. The smallest absolute Gasteiger partial charge is 0.337 e. The number of anilines is 1. The second-order valence-corrected chi connectivity index (χ2v) is 6.46. The van der Waals surface area contributed by atoms with Gasteiger partial charge < -0.3 is 24.8 Å². The standard InChI is InChI=1S/C21H24N2O6/c1-13(2)18(23-21(26)22-15-8-6-5-7-9-15)20(25)29-16-11-10-14(19(24)28-4)12-17(16)27-3/h5-13,18H,1-4H3,(H2,22,23,26). The number of urea groups is 1. The van der Waals surface area contributed by atoms with E-state index in [1.807, 2.05) is 6.07 Å². The highest BCUT2D eigenvalue weighted by Gasteiger charge is 2.27. The molecule has 2 aromatic carbocycles. The van der Waals surface area contributed by atoms with Crippen LogP contribution in [-0.4, -0.2) is 38.2 Å². The summed E-state index contributed by atoms with van der Waals surface area (Å²) in [4.78, 5) is 36.6. The Hall–Kier alpha value is -3.55. The maximum atomic E-state index is 12.7. The zero-order valence-corrected chi connectivity index (χ0v) is 16.7. The van der Waals surface area contributed by atoms with Crippen molar-refractivity contribution < 1.29 is 28.6 Å². The fourth-order valence-electron chi connectivity index (χ4n) is 2.50. The maximum Gasteiger partial charge on any atom is 0.337 e. The van der Waals surface area contributed by atoms with Gasteiger partial charge in [0, 0.05) is 5.69 Å². The number of amides is 2. The zero-order valence-electron chi connectivity index (χ0n) is 16.7. The Morgan fingerprint density at radius 1 is 0.931 bits per heavy atom. The van der Waals surface area contributed by atoms with Crippen LogP contribution in [0.4, 0.5) is 10.5 Å². The first kappa shape index (κ1) is 21.7. The molecule has 2 aromatic rings. The number of methoxy groups -OCH3 is 2. The molecule has 2 rings (SSSR count). The first-order valence-electron chi connectivity index (χ1n) is 8.96. The Bertz CT molecular complexity index is 867. The summed E-state index contributed by atoms with van der Waals surface area (Å²) in [5, 5.41) is 5.28. The van der Waals surface area contributed by atoms with Crippen molar-refractivity contribution in [2.45, 2.75) is 19.9 Å². The third kappa shape index (κ3) is 5.97.